The number of amides is 1. The average Bonchev–Trinajstić information content (AvgIpc) is 2.74. The fourth-order valence-corrected chi connectivity index (χ4v) is 3.76. The molecule has 0 aromatic heterocycles. The van der Waals surface area contributed by atoms with E-state index >= 15 is 0 Å². The lowest BCUT2D eigenvalue weighted by Gasteiger charge is -2.08. The third kappa shape index (κ3) is 4.11. The smallest absolute Gasteiger partial charge is 0.251 e. The predicted octanol–water partition coefficient (Wildman–Crippen LogP) is 4.37. The highest BCUT2D eigenvalue weighted by molar-refractivity contribution is 7.99. The lowest BCUT2D eigenvalue weighted by atomic mass is 10.1. The lowest BCUT2D eigenvalue weighted by Crippen LogP contribution is -2.25. The quantitative estimate of drug-likeness (QED) is 0.811. The van der Waals surface area contributed by atoms with Crippen LogP contribution in [0.15, 0.2) is 51.2 Å². The van der Waals surface area contributed by atoms with Crippen molar-refractivity contribution >= 4 is 29.1 Å². The van der Waals surface area contributed by atoms with E-state index in [0.29, 0.717) is 18.7 Å². The number of benzene rings is 2. The monoisotopic (exact) mass is 354 g/mol. The molecule has 0 atom stereocenters. The molecule has 0 radical (unpaired) electrons. The first-order valence-corrected chi connectivity index (χ1v) is 9.15. The molecule has 4 nitrogen and oxygen atoms in total. The highest BCUT2D eigenvalue weighted by Gasteiger charge is 2.17. The maximum Gasteiger partial charge on any atom is 0.251 e. The van der Waals surface area contributed by atoms with Crippen LogP contribution in [0.2, 0.25) is 0 Å². The van der Waals surface area contributed by atoms with Crippen LogP contribution in [0.4, 0.5) is 5.69 Å². The molecular formula is C20H22N2O2S. The van der Waals surface area contributed by atoms with Crippen molar-refractivity contribution in [3.05, 3.63) is 53.1 Å². The summed E-state index contributed by atoms with van der Waals surface area (Å²) in [6, 6.07) is 12.1. The Kier molecular flexibility index (Phi) is 5.56. The molecule has 25 heavy (non-hydrogen) atoms. The van der Waals surface area contributed by atoms with Crippen molar-refractivity contribution in [1.82, 2.24) is 5.32 Å². The van der Waals surface area contributed by atoms with E-state index in [1.165, 1.54) is 10.5 Å². The first-order chi connectivity index (χ1) is 12.1. The predicted molar refractivity (Wildman–Crippen MR) is 102 cm³/mol. The minimum atomic E-state index is -0.0747. The number of aliphatic imine (C=N–C) groups is 1. The van der Waals surface area contributed by atoms with Crippen molar-refractivity contribution in [3.63, 3.8) is 0 Å². The molecular weight excluding hydrogens is 332 g/mol. The summed E-state index contributed by atoms with van der Waals surface area (Å²) in [5, 5.41) is 2.92. The lowest BCUT2D eigenvalue weighted by molar-refractivity contribution is 0.0948. The van der Waals surface area contributed by atoms with Crippen LogP contribution in [0, 0.1) is 6.92 Å². The van der Waals surface area contributed by atoms with E-state index < -0.39 is 0 Å². The summed E-state index contributed by atoms with van der Waals surface area (Å²) >= 11 is 1.70. The molecule has 1 N–H and O–H groups in total. The molecule has 5 heteroatoms. The first-order valence-electron chi connectivity index (χ1n) is 8.34. The summed E-state index contributed by atoms with van der Waals surface area (Å²) < 4.78 is 5.00. The molecule has 1 amide bonds. The van der Waals surface area contributed by atoms with Crippen molar-refractivity contribution in [2.45, 2.75) is 30.1 Å². The zero-order chi connectivity index (χ0) is 17.8. The molecule has 0 aliphatic carbocycles. The van der Waals surface area contributed by atoms with E-state index in [1.807, 2.05) is 25.1 Å². The number of nitrogens with zero attached hydrogens (tertiary/aromatic N) is 1. The second-order valence-electron chi connectivity index (χ2n) is 6.08. The SMILES string of the molecule is COCCCNC(=O)c1ccc2c(c1)N=C(C)c1cc(C)ccc1S2. The maximum atomic E-state index is 12.3. The Bertz CT molecular complexity index is 830. The topological polar surface area (TPSA) is 50.7 Å². The maximum absolute atomic E-state index is 12.3. The Hall–Kier alpha value is -2.11. The van der Waals surface area contributed by atoms with E-state index in [4.69, 9.17) is 9.73 Å². The first kappa shape index (κ1) is 17.7. The Balaban J connectivity index is 1.85. The fraction of sp³-hybridized carbons (Fsp3) is 0.300. The van der Waals surface area contributed by atoms with Gasteiger partial charge in [-0.25, -0.2) is 0 Å². The van der Waals surface area contributed by atoms with Crippen LogP contribution in [0.25, 0.3) is 0 Å². The third-order valence-corrected chi connectivity index (χ3v) is 5.21. The van der Waals surface area contributed by atoms with E-state index in [2.05, 4.69) is 30.4 Å². The molecule has 2 aromatic carbocycles. The highest BCUT2D eigenvalue weighted by Crippen LogP contribution is 2.40. The Morgan fingerprint density at radius 3 is 2.76 bits per heavy atom. The molecule has 1 aliphatic rings. The number of aryl methyl sites for hydroxylation is 1. The minimum absolute atomic E-state index is 0.0747. The second kappa shape index (κ2) is 7.85. The van der Waals surface area contributed by atoms with Crippen LogP contribution in [0.1, 0.15) is 34.8 Å². The number of hydrogen-bond donors (Lipinski definition) is 1. The van der Waals surface area contributed by atoms with Gasteiger partial charge in [-0.2, -0.15) is 0 Å². The number of fused-ring (bicyclic) bond motifs is 2. The molecule has 0 fully saturated rings. The molecule has 130 valence electrons. The third-order valence-electron chi connectivity index (χ3n) is 4.06. The average molecular weight is 354 g/mol. The van der Waals surface area contributed by atoms with Crippen molar-refractivity contribution in [3.8, 4) is 0 Å². The van der Waals surface area contributed by atoms with Gasteiger partial charge in [0.05, 0.1) is 5.69 Å². The Morgan fingerprint density at radius 1 is 1.16 bits per heavy atom. The molecule has 0 unspecified atom stereocenters. The molecule has 2 aromatic rings. The number of hydrogen-bond acceptors (Lipinski definition) is 4. The Morgan fingerprint density at radius 2 is 1.96 bits per heavy atom. The van der Waals surface area contributed by atoms with Gasteiger partial charge in [-0.05, 0) is 50.6 Å². The van der Waals surface area contributed by atoms with Crippen LogP contribution in [-0.4, -0.2) is 31.9 Å². The van der Waals surface area contributed by atoms with Gasteiger partial charge >= 0.3 is 0 Å². The van der Waals surface area contributed by atoms with E-state index in [1.54, 1.807) is 18.9 Å². The van der Waals surface area contributed by atoms with Gasteiger partial charge in [-0.3, -0.25) is 9.79 Å². The van der Waals surface area contributed by atoms with E-state index in [9.17, 15) is 4.79 Å². The zero-order valence-electron chi connectivity index (χ0n) is 14.8. The second-order valence-corrected chi connectivity index (χ2v) is 7.17. The summed E-state index contributed by atoms with van der Waals surface area (Å²) in [6.45, 7) is 5.35. The molecule has 0 saturated heterocycles. The van der Waals surface area contributed by atoms with Crippen LogP contribution in [0.3, 0.4) is 0 Å². The number of rotatable bonds is 5. The largest absolute Gasteiger partial charge is 0.385 e. The molecule has 1 heterocycles. The molecule has 3 rings (SSSR count). The van der Waals surface area contributed by atoms with E-state index in [-0.39, 0.29) is 5.91 Å². The van der Waals surface area contributed by atoms with Gasteiger partial charge in [0.1, 0.15) is 0 Å². The summed E-state index contributed by atoms with van der Waals surface area (Å²) in [6.07, 6.45) is 0.801. The van der Waals surface area contributed by atoms with Crippen LogP contribution < -0.4 is 5.32 Å². The molecule has 1 aliphatic heterocycles. The van der Waals surface area contributed by atoms with Gasteiger partial charge in [0.25, 0.3) is 5.91 Å². The van der Waals surface area contributed by atoms with Crippen LogP contribution in [-0.2, 0) is 4.74 Å². The van der Waals surface area contributed by atoms with Gasteiger partial charge < -0.3 is 10.1 Å². The van der Waals surface area contributed by atoms with Gasteiger partial charge in [0, 0.05) is 46.9 Å². The minimum Gasteiger partial charge on any atom is -0.385 e. The van der Waals surface area contributed by atoms with Crippen molar-refractivity contribution in [2.75, 3.05) is 20.3 Å². The number of carbonyl (C=O) groups excluding carboxylic acids is 1. The Labute approximate surface area is 152 Å². The van der Waals surface area contributed by atoms with Gasteiger partial charge in [0.15, 0.2) is 0 Å². The zero-order valence-corrected chi connectivity index (χ0v) is 15.6. The van der Waals surface area contributed by atoms with Gasteiger partial charge in [0.2, 0.25) is 0 Å². The van der Waals surface area contributed by atoms with Gasteiger partial charge in [-0.15, -0.1) is 0 Å². The number of ether oxygens (including phenoxy) is 1. The normalized spacial score (nSPS) is 12.7. The number of carbonyl (C=O) groups is 1. The summed E-state index contributed by atoms with van der Waals surface area (Å²) in [4.78, 5) is 19.4. The number of methoxy groups -OCH3 is 1. The molecule has 0 saturated carbocycles. The van der Waals surface area contributed by atoms with Gasteiger partial charge in [-0.1, -0.05) is 23.4 Å². The highest BCUT2D eigenvalue weighted by atomic mass is 32.2. The standard InChI is InChI=1S/C20H22N2O2S/c1-13-5-7-18-16(11-13)14(2)22-17-12-15(6-8-19(17)25-18)20(23)21-9-4-10-24-3/h5-8,11-12H,4,9-10H2,1-3H3,(H,21,23). The fourth-order valence-electron chi connectivity index (χ4n) is 2.73. The van der Waals surface area contributed by atoms with Crippen molar-refractivity contribution in [1.29, 1.82) is 0 Å². The summed E-state index contributed by atoms with van der Waals surface area (Å²) in [7, 11) is 1.66. The summed E-state index contributed by atoms with van der Waals surface area (Å²) in [5.41, 5.74) is 4.83. The number of nitrogens with one attached hydrogen (secondary N) is 1. The van der Waals surface area contributed by atoms with E-state index in [0.717, 1.165) is 28.3 Å². The summed E-state index contributed by atoms with van der Waals surface area (Å²) in [5.74, 6) is -0.0747. The van der Waals surface area contributed by atoms with Crippen LogP contribution in [0.5, 0.6) is 0 Å². The van der Waals surface area contributed by atoms with Crippen LogP contribution >= 0.6 is 11.8 Å². The van der Waals surface area contributed by atoms with Crippen molar-refractivity contribution in [2.24, 2.45) is 4.99 Å². The molecule has 0 bridgehead atoms. The van der Waals surface area contributed by atoms with Crippen molar-refractivity contribution < 1.29 is 9.53 Å². The molecule has 0 spiro atoms.